The number of ketones is 1. The second kappa shape index (κ2) is 5.14. The van der Waals surface area contributed by atoms with Gasteiger partial charge in [0.1, 0.15) is 0 Å². The van der Waals surface area contributed by atoms with Crippen LogP contribution < -0.4 is 5.32 Å². The molecule has 0 spiro atoms. The van der Waals surface area contributed by atoms with Crippen LogP contribution in [0.5, 0.6) is 0 Å². The number of hydrogen-bond donors (Lipinski definition) is 1. The minimum atomic E-state index is -0.422. The van der Waals surface area contributed by atoms with E-state index in [1.54, 1.807) is 12.1 Å². The number of carbonyl (C=O) groups is 2. The standard InChI is InChI=1S/C12H9BrN2O3/c1-7(16)8-6-14-5-4-9(8)15-12(17)10-2-3-11(13)18-10/h2-6H,1H3,(H,14,15,17). The normalized spacial score (nSPS) is 10.1. The maximum absolute atomic E-state index is 11.8. The average molecular weight is 309 g/mol. The van der Waals surface area contributed by atoms with E-state index in [9.17, 15) is 9.59 Å². The Labute approximate surface area is 111 Å². The fourth-order valence-electron chi connectivity index (χ4n) is 1.40. The van der Waals surface area contributed by atoms with E-state index in [0.717, 1.165) is 0 Å². The van der Waals surface area contributed by atoms with Crippen molar-refractivity contribution in [1.82, 2.24) is 4.98 Å². The molecular formula is C12H9BrN2O3. The van der Waals surface area contributed by atoms with Gasteiger partial charge in [-0.25, -0.2) is 0 Å². The lowest BCUT2D eigenvalue weighted by atomic mass is 10.1. The largest absolute Gasteiger partial charge is 0.444 e. The number of amides is 1. The van der Waals surface area contributed by atoms with Crippen LogP contribution in [0.25, 0.3) is 0 Å². The minimum Gasteiger partial charge on any atom is -0.444 e. The summed E-state index contributed by atoms with van der Waals surface area (Å²) < 4.78 is 5.59. The van der Waals surface area contributed by atoms with Crippen LogP contribution in [0.1, 0.15) is 27.8 Å². The number of hydrogen-bond acceptors (Lipinski definition) is 4. The molecule has 0 bridgehead atoms. The quantitative estimate of drug-likeness (QED) is 0.885. The lowest BCUT2D eigenvalue weighted by Gasteiger charge is -2.06. The average Bonchev–Trinajstić information content (AvgIpc) is 2.76. The molecule has 0 aliphatic heterocycles. The fourth-order valence-corrected chi connectivity index (χ4v) is 1.71. The third-order valence-electron chi connectivity index (χ3n) is 2.25. The van der Waals surface area contributed by atoms with Crippen molar-refractivity contribution in [3.8, 4) is 0 Å². The van der Waals surface area contributed by atoms with E-state index in [-0.39, 0.29) is 11.5 Å². The van der Waals surface area contributed by atoms with Gasteiger partial charge < -0.3 is 9.73 Å². The Kier molecular flexibility index (Phi) is 3.57. The monoisotopic (exact) mass is 308 g/mol. The molecule has 2 heterocycles. The first kappa shape index (κ1) is 12.5. The number of carbonyl (C=O) groups excluding carboxylic acids is 2. The van der Waals surface area contributed by atoms with Gasteiger partial charge in [0.25, 0.3) is 5.91 Å². The van der Waals surface area contributed by atoms with Gasteiger partial charge in [-0.15, -0.1) is 0 Å². The predicted octanol–water partition coefficient (Wildman–Crippen LogP) is 2.89. The highest BCUT2D eigenvalue weighted by atomic mass is 79.9. The smallest absolute Gasteiger partial charge is 0.291 e. The molecule has 0 unspecified atom stereocenters. The van der Waals surface area contributed by atoms with Gasteiger partial charge in [0.05, 0.1) is 11.3 Å². The van der Waals surface area contributed by atoms with Crippen LogP contribution in [0, 0.1) is 0 Å². The lowest BCUT2D eigenvalue weighted by Crippen LogP contribution is -2.13. The van der Waals surface area contributed by atoms with E-state index in [4.69, 9.17) is 4.42 Å². The molecule has 18 heavy (non-hydrogen) atoms. The zero-order valence-corrected chi connectivity index (χ0v) is 11.0. The molecule has 1 N–H and O–H groups in total. The lowest BCUT2D eigenvalue weighted by molar-refractivity contribution is 0.0995. The molecule has 5 nitrogen and oxygen atoms in total. The fraction of sp³-hybridized carbons (Fsp3) is 0.0833. The number of rotatable bonds is 3. The van der Waals surface area contributed by atoms with E-state index < -0.39 is 5.91 Å². The summed E-state index contributed by atoms with van der Waals surface area (Å²) in [5.41, 5.74) is 0.770. The highest BCUT2D eigenvalue weighted by Gasteiger charge is 2.14. The van der Waals surface area contributed by atoms with Gasteiger partial charge in [0.2, 0.25) is 0 Å². The topological polar surface area (TPSA) is 72.2 Å². The van der Waals surface area contributed by atoms with Crippen LogP contribution in [0.4, 0.5) is 5.69 Å². The van der Waals surface area contributed by atoms with Crippen LogP contribution >= 0.6 is 15.9 Å². The highest BCUT2D eigenvalue weighted by molar-refractivity contribution is 9.10. The van der Waals surface area contributed by atoms with Crippen molar-refractivity contribution in [3.05, 3.63) is 46.6 Å². The summed E-state index contributed by atoms with van der Waals surface area (Å²) in [6.07, 6.45) is 2.91. The van der Waals surface area contributed by atoms with Gasteiger partial charge in [0, 0.05) is 12.4 Å². The van der Waals surface area contributed by atoms with Crippen molar-refractivity contribution in [2.75, 3.05) is 5.32 Å². The van der Waals surface area contributed by atoms with E-state index >= 15 is 0 Å². The number of nitrogens with zero attached hydrogens (tertiary/aromatic N) is 1. The third-order valence-corrected chi connectivity index (χ3v) is 2.67. The Bertz CT molecular complexity index is 607. The molecule has 0 atom stereocenters. The van der Waals surface area contributed by atoms with E-state index in [0.29, 0.717) is 15.9 Å². The van der Waals surface area contributed by atoms with Crippen LogP contribution in [-0.4, -0.2) is 16.7 Å². The highest BCUT2D eigenvalue weighted by Crippen LogP contribution is 2.18. The van der Waals surface area contributed by atoms with Gasteiger partial charge in [0.15, 0.2) is 16.2 Å². The Balaban J connectivity index is 2.24. The van der Waals surface area contributed by atoms with Gasteiger partial charge in [-0.2, -0.15) is 0 Å². The van der Waals surface area contributed by atoms with Gasteiger partial charge in [-0.1, -0.05) is 0 Å². The van der Waals surface area contributed by atoms with Crippen LogP contribution in [0.3, 0.4) is 0 Å². The van der Waals surface area contributed by atoms with Crippen molar-refractivity contribution in [2.45, 2.75) is 6.92 Å². The van der Waals surface area contributed by atoms with Crippen molar-refractivity contribution in [1.29, 1.82) is 0 Å². The molecule has 0 fully saturated rings. The van der Waals surface area contributed by atoms with E-state index in [1.807, 2.05) is 0 Å². The summed E-state index contributed by atoms with van der Waals surface area (Å²) in [7, 11) is 0. The van der Waals surface area contributed by atoms with Crippen molar-refractivity contribution >= 4 is 33.3 Å². The van der Waals surface area contributed by atoms with Crippen LogP contribution in [0.2, 0.25) is 0 Å². The molecule has 2 rings (SSSR count). The summed E-state index contributed by atoms with van der Waals surface area (Å²) in [5, 5.41) is 2.61. The van der Waals surface area contributed by atoms with Crippen molar-refractivity contribution in [3.63, 3.8) is 0 Å². The minimum absolute atomic E-state index is 0.160. The van der Waals surface area contributed by atoms with E-state index in [2.05, 4.69) is 26.2 Å². The van der Waals surface area contributed by atoms with Gasteiger partial charge in [-0.3, -0.25) is 14.6 Å². The second-order valence-electron chi connectivity index (χ2n) is 3.54. The van der Waals surface area contributed by atoms with Gasteiger partial charge in [-0.05, 0) is 41.1 Å². The maximum atomic E-state index is 11.8. The molecule has 0 saturated heterocycles. The number of pyridine rings is 1. The SMILES string of the molecule is CC(=O)c1cnccc1NC(=O)c1ccc(Br)o1. The molecule has 0 aliphatic rings. The first-order valence-corrected chi connectivity index (χ1v) is 5.89. The molecule has 0 radical (unpaired) electrons. The molecule has 0 aliphatic carbocycles. The Hall–Kier alpha value is -1.95. The first-order chi connectivity index (χ1) is 8.58. The number of aromatic nitrogens is 1. The zero-order chi connectivity index (χ0) is 13.1. The summed E-state index contributed by atoms with van der Waals surface area (Å²) in [6.45, 7) is 1.41. The number of anilines is 1. The number of nitrogens with one attached hydrogen (secondary N) is 1. The third kappa shape index (κ3) is 2.65. The molecule has 0 saturated carbocycles. The Morgan fingerprint density at radius 1 is 1.33 bits per heavy atom. The van der Waals surface area contributed by atoms with Crippen LogP contribution in [-0.2, 0) is 0 Å². The molecule has 2 aromatic rings. The predicted molar refractivity (Wildman–Crippen MR) is 68.6 cm³/mol. The summed E-state index contributed by atoms with van der Waals surface area (Å²) in [6, 6.07) is 4.72. The van der Waals surface area contributed by atoms with Crippen LogP contribution in [0.15, 0.2) is 39.7 Å². The number of Topliss-reactive ketones (excluding diaryl/α,β-unsaturated/α-hetero) is 1. The molecular weight excluding hydrogens is 300 g/mol. The number of halogens is 1. The maximum Gasteiger partial charge on any atom is 0.291 e. The molecule has 1 amide bonds. The second-order valence-corrected chi connectivity index (χ2v) is 4.32. The molecule has 6 heteroatoms. The Morgan fingerprint density at radius 3 is 2.72 bits per heavy atom. The Morgan fingerprint density at radius 2 is 2.11 bits per heavy atom. The van der Waals surface area contributed by atoms with E-state index in [1.165, 1.54) is 25.4 Å². The summed E-state index contributed by atoms with van der Waals surface area (Å²) >= 11 is 3.11. The molecule has 92 valence electrons. The summed E-state index contributed by atoms with van der Waals surface area (Å²) in [5.74, 6) is -0.429. The first-order valence-electron chi connectivity index (χ1n) is 5.09. The molecule has 0 aromatic carbocycles. The number of furan rings is 1. The van der Waals surface area contributed by atoms with Crippen molar-refractivity contribution < 1.29 is 14.0 Å². The zero-order valence-electron chi connectivity index (χ0n) is 9.44. The van der Waals surface area contributed by atoms with Crippen molar-refractivity contribution in [2.24, 2.45) is 0 Å². The van der Waals surface area contributed by atoms with Gasteiger partial charge >= 0.3 is 0 Å². The summed E-state index contributed by atoms with van der Waals surface area (Å²) in [4.78, 5) is 27.1. The molecule has 2 aromatic heterocycles.